The van der Waals surface area contributed by atoms with E-state index in [0.29, 0.717) is 12.5 Å². The van der Waals surface area contributed by atoms with Gasteiger partial charge in [-0.15, -0.1) is 0 Å². The van der Waals surface area contributed by atoms with Crippen molar-refractivity contribution < 1.29 is 39.2 Å². The number of halogens is 1. The van der Waals surface area contributed by atoms with Crippen LogP contribution in [-0.4, -0.2) is 68.0 Å². The molecule has 0 spiro atoms. The number of primary amides is 1. The molecule has 0 bridgehead atoms. The Morgan fingerprint density at radius 1 is 1.21 bits per heavy atom. The molecule has 1 fully saturated rings. The number of anilines is 1. The van der Waals surface area contributed by atoms with Gasteiger partial charge in [-0.3, -0.25) is 19.3 Å². The van der Waals surface area contributed by atoms with E-state index < -0.39 is 70.0 Å². The monoisotopic (exact) mass is 529 g/mol. The number of benzene rings is 1. The Kier molecular flexibility index (Phi) is 6.07. The molecule has 1 aromatic carbocycles. The second-order valence-corrected chi connectivity index (χ2v) is 11.4. The maximum absolute atomic E-state index is 16.1. The SMILES string of the molecule is CC(C)C[C@@H]1CNc2c(O)c3c(c(F)c2CN1C)C[C@H]1CC2CC(=O)C(C(N)=O)=C(O)[C@@]2(O)C(=O)C1=C3O. The fourth-order valence-corrected chi connectivity index (χ4v) is 6.67. The van der Waals surface area contributed by atoms with E-state index in [1.807, 2.05) is 11.9 Å². The molecule has 3 aliphatic carbocycles. The minimum atomic E-state index is -2.65. The van der Waals surface area contributed by atoms with E-state index in [0.717, 1.165) is 6.42 Å². The number of amides is 1. The van der Waals surface area contributed by atoms with Gasteiger partial charge >= 0.3 is 0 Å². The lowest BCUT2D eigenvalue weighted by Crippen LogP contribution is -2.58. The molecule has 1 aliphatic heterocycles. The number of hydrogen-bond acceptors (Lipinski definition) is 9. The first-order valence-corrected chi connectivity index (χ1v) is 12.8. The van der Waals surface area contributed by atoms with E-state index in [1.54, 1.807) is 0 Å². The fraction of sp³-hybridized carbons (Fsp3) is 0.519. The van der Waals surface area contributed by atoms with Crippen LogP contribution in [-0.2, 0) is 27.3 Å². The highest BCUT2D eigenvalue weighted by Gasteiger charge is 2.60. The van der Waals surface area contributed by atoms with Gasteiger partial charge in [-0.05, 0) is 38.1 Å². The molecule has 5 rings (SSSR count). The van der Waals surface area contributed by atoms with Gasteiger partial charge in [0.25, 0.3) is 5.91 Å². The van der Waals surface area contributed by atoms with Gasteiger partial charge in [-0.2, -0.15) is 0 Å². The number of nitrogens with two attached hydrogens (primary N) is 1. The first-order chi connectivity index (χ1) is 17.8. The summed E-state index contributed by atoms with van der Waals surface area (Å²) >= 11 is 0. The highest BCUT2D eigenvalue weighted by Crippen LogP contribution is 2.54. The summed E-state index contributed by atoms with van der Waals surface area (Å²) < 4.78 is 16.1. The fourth-order valence-electron chi connectivity index (χ4n) is 6.67. The number of aliphatic hydroxyl groups is 3. The minimum absolute atomic E-state index is 0.0444. The summed E-state index contributed by atoms with van der Waals surface area (Å²) in [7, 11) is 1.89. The number of nitrogens with one attached hydrogen (secondary N) is 1. The van der Waals surface area contributed by atoms with Gasteiger partial charge in [-0.1, -0.05) is 13.8 Å². The average Bonchev–Trinajstić information content (AvgIpc) is 2.98. The number of aromatic hydroxyl groups is 1. The van der Waals surface area contributed by atoms with Gasteiger partial charge in [0.2, 0.25) is 5.78 Å². The smallest absolute Gasteiger partial charge is 0.255 e. The van der Waals surface area contributed by atoms with Crippen LogP contribution in [0.3, 0.4) is 0 Å². The summed E-state index contributed by atoms with van der Waals surface area (Å²) in [6, 6.07) is 0.0680. The van der Waals surface area contributed by atoms with Crippen LogP contribution in [0.4, 0.5) is 10.1 Å². The minimum Gasteiger partial charge on any atom is -0.508 e. The Balaban J connectivity index is 1.64. The number of rotatable bonds is 3. The summed E-state index contributed by atoms with van der Waals surface area (Å²) in [6.45, 7) is 4.82. The highest BCUT2D eigenvalue weighted by molar-refractivity contribution is 6.22. The number of carbonyl (C=O) groups is 3. The van der Waals surface area contributed by atoms with Gasteiger partial charge in [-0.25, -0.2) is 4.39 Å². The molecule has 1 heterocycles. The van der Waals surface area contributed by atoms with Crippen LogP contribution in [0.15, 0.2) is 16.9 Å². The topological polar surface area (TPSA) is 173 Å². The predicted octanol–water partition coefficient (Wildman–Crippen LogP) is 1.83. The molecule has 38 heavy (non-hydrogen) atoms. The van der Waals surface area contributed by atoms with Crippen LogP contribution in [0, 0.1) is 23.6 Å². The Morgan fingerprint density at radius 2 is 1.89 bits per heavy atom. The highest BCUT2D eigenvalue weighted by atomic mass is 19.1. The quantitative estimate of drug-likeness (QED) is 0.252. The Morgan fingerprint density at radius 3 is 2.53 bits per heavy atom. The van der Waals surface area contributed by atoms with E-state index >= 15 is 4.39 Å². The van der Waals surface area contributed by atoms with Crippen molar-refractivity contribution in [1.82, 2.24) is 4.90 Å². The van der Waals surface area contributed by atoms with Gasteiger partial charge in [0, 0.05) is 48.2 Å². The summed E-state index contributed by atoms with van der Waals surface area (Å²) in [6.07, 6.45) is 0.301. The predicted molar refractivity (Wildman–Crippen MR) is 135 cm³/mol. The number of likely N-dealkylation sites (N-methyl/N-ethyl adjacent to an activating group) is 1. The Hall–Kier alpha value is -3.44. The van der Waals surface area contributed by atoms with E-state index in [9.17, 15) is 34.8 Å². The molecule has 0 aromatic heterocycles. The molecule has 4 atom stereocenters. The lowest BCUT2D eigenvalue weighted by atomic mass is 9.59. The van der Waals surface area contributed by atoms with Crippen molar-refractivity contribution in [2.45, 2.75) is 57.7 Å². The van der Waals surface area contributed by atoms with Crippen LogP contribution in [0.2, 0.25) is 0 Å². The molecule has 11 heteroatoms. The van der Waals surface area contributed by atoms with Crippen molar-refractivity contribution in [2.75, 3.05) is 18.9 Å². The first-order valence-electron chi connectivity index (χ1n) is 12.8. The number of phenolic OH excluding ortho intramolecular Hbond substituents is 1. The lowest BCUT2D eigenvalue weighted by Gasteiger charge is -2.46. The normalized spacial score (nSPS) is 29.4. The Labute approximate surface area is 218 Å². The van der Waals surface area contributed by atoms with E-state index in [1.165, 1.54) is 0 Å². The second kappa shape index (κ2) is 8.81. The molecule has 1 saturated carbocycles. The third kappa shape index (κ3) is 3.55. The van der Waals surface area contributed by atoms with Gasteiger partial charge in [0.05, 0.1) is 11.3 Å². The molecule has 1 amide bonds. The number of Topliss-reactive ketones (excluding diaryl/α,β-unsaturated/α-hetero) is 2. The van der Waals surface area contributed by atoms with Gasteiger partial charge in [0.1, 0.15) is 28.7 Å². The van der Waals surface area contributed by atoms with Crippen LogP contribution < -0.4 is 11.1 Å². The van der Waals surface area contributed by atoms with Gasteiger partial charge < -0.3 is 31.5 Å². The molecule has 0 saturated heterocycles. The number of hydrogen-bond donors (Lipinski definition) is 6. The van der Waals surface area contributed by atoms with Crippen LogP contribution in [0.25, 0.3) is 5.76 Å². The number of nitrogens with zero attached hydrogens (tertiary/aromatic N) is 1. The molecule has 4 aliphatic rings. The zero-order valence-electron chi connectivity index (χ0n) is 21.5. The lowest BCUT2D eigenvalue weighted by molar-refractivity contribution is -0.147. The van der Waals surface area contributed by atoms with E-state index in [4.69, 9.17) is 5.73 Å². The maximum atomic E-state index is 16.1. The molecule has 1 unspecified atom stereocenters. The zero-order chi connectivity index (χ0) is 27.8. The Bertz CT molecular complexity index is 1350. The molecular formula is C27H32FN3O7. The van der Waals surface area contributed by atoms with Gasteiger partial charge in [0.15, 0.2) is 11.4 Å². The summed E-state index contributed by atoms with van der Waals surface area (Å²) in [5.41, 5.74) is 1.60. The molecule has 0 radical (unpaired) electrons. The van der Waals surface area contributed by atoms with E-state index in [-0.39, 0.29) is 53.4 Å². The molecule has 1 aromatic rings. The number of aliphatic hydroxyl groups excluding tert-OH is 2. The largest absolute Gasteiger partial charge is 0.508 e. The maximum Gasteiger partial charge on any atom is 0.255 e. The number of ketones is 2. The summed E-state index contributed by atoms with van der Waals surface area (Å²) in [4.78, 5) is 39.9. The third-order valence-corrected chi connectivity index (χ3v) is 8.55. The summed E-state index contributed by atoms with van der Waals surface area (Å²) in [5.74, 6) is -7.53. The van der Waals surface area contributed by atoms with Crippen molar-refractivity contribution in [3.63, 3.8) is 0 Å². The number of phenols is 1. The molecule has 204 valence electrons. The van der Waals surface area contributed by atoms with Crippen molar-refractivity contribution >= 4 is 28.9 Å². The van der Waals surface area contributed by atoms with Crippen molar-refractivity contribution in [3.8, 4) is 5.75 Å². The molecular weight excluding hydrogens is 497 g/mol. The third-order valence-electron chi connectivity index (χ3n) is 8.55. The van der Waals surface area contributed by atoms with Crippen molar-refractivity contribution in [2.24, 2.45) is 23.5 Å². The van der Waals surface area contributed by atoms with Crippen molar-refractivity contribution in [3.05, 3.63) is 39.4 Å². The number of fused-ring (bicyclic) bond motifs is 4. The van der Waals surface area contributed by atoms with Crippen LogP contribution in [0.5, 0.6) is 5.75 Å². The standard InChI is InChI=1S/C27H32FN3O7/c1-10(2)4-13-8-30-21-15(9-31(13)3)20(28)14-6-11-5-12-7-16(32)19(26(29)37)25(36)27(12,38)24(35)17(11)22(33)18(14)23(21)34/h10-13,30,33-34,36,38H,4-9H2,1-3H3,(H2,29,37)/t11-,12?,13-,27+/m1/s1. The second-order valence-electron chi connectivity index (χ2n) is 11.4. The first kappa shape index (κ1) is 26.2. The average molecular weight is 530 g/mol. The molecule has 7 N–H and O–H groups in total. The number of carbonyl (C=O) groups excluding carboxylic acids is 3. The molecule has 10 nitrogen and oxygen atoms in total. The van der Waals surface area contributed by atoms with Crippen molar-refractivity contribution in [1.29, 1.82) is 0 Å². The van der Waals surface area contributed by atoms with Crippen LogP contribution in [0.1, 0.15) is 49.8 Å². The van der Waals surface area contributed by atoms with Crippen LogP contribution >= 0.6 is 0 Å². The zero-order valence-corrected chi connectivity index (χ0v) is 21.5. The van der Waals surface area contributed by atoms with E-state index in [2.05, 4.69) is 19.2 Å². The summed E-state index contributed by atoms with van der Waals surface area (Å²) in [5, 5.41) is 47.6.